The zero-order valence-electron chi connectivity index (χ0n) is 14.8. The molecule has 1 aromatic heterocycles. The Labute approximate surface area is 155 Å². The largest absolute Gasteiger partial charge is 0.503 e. The van der Waals surface area contributed by atoms with Crippen LogP contribution >= 0.6 is 0 Å². The third-order valence-corrected chi connectivity index (χ3v) is 4.14. The van der Waals surface area contributed by atoms with Gasteiger partial charge in [-0.05, 0) is 24.1 Å². The highest BCUT2D eigenvalue weighted by molar-refractivity contribution is 5.87. The summed E-state index contributed by atoms with van der Waals surface area (Å²) in [6, 6.07) is 15.3. The zero-order valence-corrected chi connectivity index (χ0v) is 14.8. The van der Waals surface area contributed by atoms with Crippen LogP contribution in [0, 0.1) is 0 Å². The average Bonchev–Trinajstić information content (AvgIpc) is 2.65. The lowest BCUT2D eigenvalue weighted by atomic mass is 9.98. The monoisotopic (exact) mass is 365 g/mol. The van der Waals surface area contributed by atoms with Crippen molar-refractivity contribution >= 4 is 5.97 Å². The van der Waals surface area contributed by atoms with Crippen LogP contribution in [0.5, 0.6) is 11.5 Å². The summed E-state index contributed by atoms with van der Waals surface area (Å²) >= 11 is 0. The van der Waals surface area contributed by atoms with E-state index in [0.29, 0.717) is 6.61 Å². The molecule has 0 aliphatic carbocycles. The molecule has 2 N–H and O–H groups in total. The first-order valence-electron chi connectivity index (χ1n) is 8.47. The highest BCUT2D eigenvalue weighted by Gasteiger charge is 2.15. The Morgan fingerprint density at radius 3 is 2.41 bits per heavy atom. The molecule has 1 heterocycles. The number of para-hydroxylation sites is 1. The van der Waals surface area contributed by atoms with Crippen LogP contribution in [0.4, 0.5) is 0 Å². The number of aromatic nitrogens is 1. The minimum atomic E-state index is -1.38. The van der Waals surface area contributed by atoms with Crippen LogP contribution in [-0.4, -0.2) is 27.4 Å². The number of carboxylic acids is 1. The highest BCUT2D eigenvalue weighted by Crippen LogP contribution is 2.32. The Morgan fingerprint density at radius 2 is 1.70 bits per heavy atom. The quantitative estimate of drug-likeness (QED) is 0.699. The van der Waals surface area contributed by atoms with Crippen molar-refractivity contribution in [2.45, 2.75) is 13.5 Å². The van der Waals surface area contributed by atoms with E-state index in [-0.39, 0.29) is 6.54 Å². The highest BCUT2D eigenvalue weighted by atomic mass is 16.5. The molecule has 27 heavy (non-hydrogen) atoms. The van der Waals surface area contributed by atoms with E-state index in [4.69, 9.17) is 9.84 Å². The minimum absolute atomic E-state index is 0.282. The number of rotatable bonds is 6. The van der Waals surface area contributed by atoms with Gasteiger partial charge in [-0.3, -0.25) is 4.79 Å². The van der Waals surface area contributed by atoms with Gasteiger partial charge in [0.2, 0.25) is 5.43 Å². The van der Waals surface area contributed by atoms with Gasteiger partial charge >= 0.3 is 5.97 Å². The Morgan fingerprint density at radius 1 is 1.04 bits per heavy atom. The number of hydrogen-bond donors (Lipinski definition) is 2. The van der Waals surface area contributed by atoms with Crippen LogP contribution in [0.3, 0.4) is 0 Å². The summed E-state index contributed by atoms with van der Waals surface area (Å²) in [6.07, 6.45) is 2.47. The third kappa shape index (κ3) is 3.84. The van der Waals surface area contributed by atoms with Crippen molar-refractivity contribution in [3.05, 3.63) is 82.3 Å². The van der Waals surface area contributed by atoms with Gasteiger partial charge in [-0.2, -0.15) is 0 Å². The number of pyridine rings is 1. The second-order valence-electron chi connectivity index (χ2n) is 5.95. The SMILES string of the molecule is CCOc1ccccc1-c1ccccc1Cn1cc(O)c(=O)c(C(=O)O)c1. The zero-order chi connectivity index (χ0) is 19.4. The van der Waals surface area contributed by atoms with Crippen molar-refractivity contribution in [2.24, 2.45) is 0 Å². The molecule has 0 bridgehead atoms. The molecule has 3 rings (SSSR count). The Bertz CT molecular complexity index is 1040. The molecule has 0 aliphatic rings. The van der Waals surface area contributed by atoms with Gasteiger partial charge in [0.15, 0.2) is 5.75 Å². The second-order valence-corrected chi connectivity index (χ2v) is 5.95. The molecule has 0 atom stereocenters. The van der Waals surface area contributed by atoms with Crippen molar-refractivity contribution < 1.29 is 19.7 Å². The molecule has 0 radical (unpaired) electrons. The fourth-order valence-corrected chi connectivity index (χ4v) is 2.95. The van der Waals surface area contributed by atoms with Crippen molar-refractivity contribution in [1.29, 1.82) is 0 Å². The molecule has 138 valence electrons. The van der Waals surface area contributed by atoms with Crippen molar-refractivity contribution in [2.75, 3.05) is 6.61 Å². The van der Waals surface area contributed by atoms with Crippen molar-refractivity contribution in [1.82, 2.24) is 4.57 Å². The first-order valence-corrected chi connectivity index (χ1v) is 8.47. The fraction of sp³-hybridized carbons (Fsp3) is 0.143. The van der Waals surface area contributed by atoms with E-state index in [9.17, 15) is 14.7 Å². The molecule has 6 heteroatoms. The van der Waals surface area contributed by atoms with Crippen LogP contribution < -0.4 is 10.2 Å². The number of hydrogen-bond acceptors (Lipinski definition) is 4. The summed E-state index contributed by atoms with van der Waals surface area (Å²) in [5.41, 5.74) is 1.37. The van der Waals surface area contributed by atoms with Crippen LogP contribution in [0.25, 0.3) is 11.1 Å². The minimum Gasteiger partial charge on any atom is -0.503 e. The number of benzene rings is 2. The van der Waals surface area contributed by atoms with Gasteiger partial charge in [0.1, 0.15) is 11.3 Å². The van der Waals surface area contributed by atoms with Crippen LogP contribution in [-0.2, 0) is 6.54 Å². The third-order valence-electron chi connectivity index (χ3n) is 4.14. The molecule has 0 saturated carbocycles. The molecule has 2 aromatic carbocycles. The Hall–Kier alpha value is -3.54. The molecular weight excluding hydrogens is 346 g/mol. The molecule has 0 aliphatic heterocycles. The number of ether oxygens (including phenoxy) is 1. The lowest BCUT2D eigenvalue weighted by Crippen LogP contribution is -2.17. The molecule has 0 saturated heterocycles. The van der Waals surface area contributed by atoms with Crippen molar-refractivity contribution in [3.63, 3.8) is 0 Å². The van der Waals surface area contributed by atoms with E-state index >= 15 is 0 Å². The number of aromatic hydroxyl groups is 1. The van der Waals surface area contributed by atoms with Crippen LogP contribution in [0.1, 0.15) is 22.8 Å². The van der Waals surface area contributed by atoms with Gasteiger partial charge in [0.05, 0.1) is 12.8 Å². The molecule has 0 spiro atoms. The Balaban J connectivity index is 2.06. The lowest BCUT2D eigenvalue weighted by Gasteiger charge is -2.15. The molecule has 0 fully saturated rings. The van der Waals surface area contributed by atoms with Gasteiger partial charge < -0.3 is 19.5 Å². The van der Waals surface area contributed by atoms with E-state index in [1.54, 1.807) is 0 Å². The van der Waals surface area contributed by atoms with Gasteiger partial charge in [-0.25, -0.2) is 4.79 Å². The summed E-state index contributed by atoms with van der Waals surface area (Å²) < 4.78 is 7.20. The summed E-state index contributed by atoms with van der Waals surface area (Å²) in [5.74, 6) is -1.22. The van der Waals surface area contributed by atoms with E-state index < -0.39 is 22.7 Å². The fourth-order valence-electron chi connectivity index (χ4n) is 2.95. The predicted octanol–water partition coefficient (Wildman–Crippen LogP) is 3.37. The summed E-state index contributed by atoms with van der Waals surface area (Å²) in [6.45, 7) is 2.73. The van der Waals surface area contributed by atoms with E-state index in [2.05, 4.69) is 0 Å². The normalized spacial score (nSPS) is 10.6. The first kappa shape index (κ1) is 18.3. The summed E-state index contributed by atoms with van der Waals surface area (Å²) in [7, 11) is 0. The van der Waals surface area contributed by atoms with Crippen LogP contribution in [0.15, 0.2) is 65.7 Å². The van der Waals surface area contributed by atoms with Crippen LogP contribution in [0.2, 0.25) is 0 Å². The van der Waals surface area contributed by atoms with Gasteiger partial charge in [0, 0.05) is 18.3 Å². The average molecular weight is 365 g/mol. The topological polar surface area (TPSA) is 88.8 Å². The molecule has 6 nitrogen and oxygen atoms in total. The number of carbonyl (C=O) groups is 1. The Kier molecular flexibility index (Phi) is 5.26. The maximum Gasteiger partial charge on any atom is 0.341 e. The lowest BCUT2D eigenvalue weighted by molar-refractivity contribution is 0.0694. The maximum absolute atomic E-state index is 11.8. The van der Waals surface area contributed by atoms with Crippen molar-refractivity contribution in [3.8, 4) is 22.6 Å². The van der Waals surface area contributed by atoms with Gasteiger partial charge in [0.25, 0.3) is 0 Å². The molecule has 3 aromatic rings. The smallest absolute Gasteiger partial charge is 0.341 e. The molecular formula is C21H19NO5. The van der Waals surface area contributed by atoms with Gasteiger partial charge in [-0.1, -0.05) is 42.5 Å². The molecule has 0 amide bonds. The first-order chi connectivity index (χ1) is 13.0. The van der Waals surface area contributed by atoms with Gasteiger partial charge in [-0.15, -0.1) is 0 Å². The standard InChI is InChI=1S/C21H19NO5/c1-2-27-19-10-6-5-9-16(19)15-8-4-3-7-14(15)11-22-12-17(21(25)26)20(24)18(23)13-22/h3-10,12-13,23H,2,11H2,1H3,(H,25,26). The van der Waals surface area contributed by atoms with E-state index in [0.717, 1.165) is 22.4 Å². The number of nitrogens with zero attached hydrogens (tertiary/aromatic N) is 1. The summed E-state index contributed by atoms with van der Waals surface area (Å²) in [4.78, 5) is 23.0. The molecule has 0 unspecified atom stereocenters. The predicted molar refractivity (Wildman–Crippen MR) is 101 cm³/mol. The van der Waals surface area contributed by atoms with E-state index in [1.807, 2.05) is 55.5 Å². The summed E-state index contributed by atoms with van der Waals surface area (Å²) in [5, 5.41) is 19.0. The second kappa shape index (κ2) is 7.78. The maximum atomic E-state index is 11.8. The van der Waals surface area contributed by atoms with E-state index in [1.165, 1.54) is 17.0 Å². The number of carboxylic acid groups (broad SMARTS) is 1. The number of aromatic carboxylic acids is 1.